The van der Waals surface area contributed by atoms with Gasteiger partial charge in [-0.1, -0.05) is 126 Å². The van der Waals surface area contributed by atoms with Crippen LogP contribution >= 0.6 is 34.8 Å². The van der Waals surface area contributed by atoms with Crippen LogP contribution in [-0.2, 0) is 0 Å². The Morgan fingerprint density at radius 2 is 1.15 bits per heavy atom. The Morgan fingerprint density at radius 3 is 1.79 bits per heavy atom. The van der Waals surface area contributed by atoms with Crippen molar-refractivity contribution in [3.05, 3.63) is 112 Å². The summed E-state index contributed by atoms with van der Waals surface area (Å²) in [4.78, 5) is 8.71. The molecule has 6 rings (SSSR count). The van der Waals surface area contributed by atoms with E-state index in [1.165, 1.54) is 0 Å². The molecule has 5 heteroatoms. The van der Waals surface area contributed by atoms with Crippen molar-refractivity contribution in [1.29, 1.82) is 0 Å². The Labute approximate surface area is 211 Å². The SMILES string of the molecule is Clc1cccc(-c2[nH]c(-c3c4ccccc4c(Cl)c4ccccc34)nc2-c2ccccc2)c1Cl. The van der Waals surface area contributed by atoms with Gasteiger partial charge in [0, 0.05) is 27.5 Å². The van der Waals surface area contributed by atoms with Crippen LogP contribution in [0, 0.1) is 0 Å². The molecule has 0 aliphatic rings. The number of aromatic nitrogens is 2. The van der Waals surface area contributed by atoms with E-state index in [-0.39, 0.29) is 0 Å². The molecule has 1 N–H and O–H groups in total. The average Bonchev–Trinajstić information content (AvgIpc) is 3.31. The number of nitrogens with zero attached hydrogens (tertiary/aromatic N) is 1. The number of hydrogen-bond donors (Lipinski definition) is 1. The fourth-order valence-electron chi connectivity index (χ4n) is 4.52. The number of aromatic amines is 1. The molecule has 1 heterocycles. The molecule has 5 aromatic carbocycles. The number of halogens is 3. The van der Waals surface area contributed by atoms with Crippen molar-refractivity contribution >= 4 is 56.3 Å². The summed E-state index contributed by atoms with van der Waals surface area (Å²) < 4.78 is 0. The van der Waals surface area contributed by atoms with Crippen LogP contribution in [-0.4, -0.2) is 9.97 Å². The van der Waals surface area contributed by atoms with Gasteiger partial charge in [0.15, 0.2) is 0 Å². The van der Waals surface area contributed by atoms with Crippen LogP contribution in [0.4, 0.5) is 0 Å². The van der Waals surface area contributed by atoms with Crippen molar-refractivity contribution in [1.82, 2.24) is 9.97 Å². The first-order chi connectivity index (χ1) is 16.6. The van der Waals surface area contributed by atoms with Crippen LogP contribution in [0.3, 0.4) is 0 Å². The van der Waals surface area contributed by atoms with Gasteiger partial charge in [-0.3, -0.25) is 0 Å². The first-order valence-corrected chi connectivity index (χ1v) is 12.0. The highest BCUT2D eigenvalue weighted by atomic mass is 35.5. The smallest absolute Gasteiger partial charge is 0.139 e. The van der Waals surface area contributed by atoms with E-state index in [4.69, 9.17) is 39.8 Å². The van der Waals surface area contributed by atoms with Gasteiger partial charge < -0.3 is 4.98 Å². The summed E-state index contributed by atoms with van der Waals surface area (Å²) in [5.41, 5.74) is 4.41. The molecule has 0 spiro atoms. The molecule has 0 aliphatic carbocycles. The van der Waals surface area contributed by atoms with E-state index in [2.05, 4.69) is 17.1 Å². The lowest BCUT2D eigenvalue weighted by atomic mass is 9.96. The quantitative estimate of drug-likeness (QED) is 0.241. The standard InChI is InChI=1S/C29H17Cl3N2/c30-23-16-8-15-22(26(23)32)28-27(17-9-2-1-3-10-17)33-29(34-28)24-18-11-4-6-13-20(18)25(31)21-14-7-5-12-19(21)24/h1-16H,(H,33,34). The van der Waals surface area contributed by atoms with E-state index in [1.54, 1.807) is 6.07 Å². The molecule has 0 aliphatic heterocycles. The minimum atomic E-state index is 0.488. The number of nitrogens with one attached hydrogen (secondary N) is 1. The van der Waals surface area contributed by atoms with E-state index in [0.717, 1.165) is 60.5 Å². The molecular weight excluding hydrogens is 483 g/mol. The maximum Gasteiger partial charge on any atom is 0.139 e. The van der Waals surface area contributed by atoms with Crippen molar-refractivity contribution in [3.63, 3.8) is 0 Å². The molecule has 0 unspecified atom stereocenters. The van der Waals surface area contributed by atoms with Crippen molar-refractivity contribution in [2.24, 2.45) is 0 Å². The first kappa shape index (κ1) is 21.2. The van der Waals surface area contributed by atoms with Crippen LogP contribution in [0.1, 0.15) is 0 Å². The lowest BCUT2D eigenvalue weighted by Crippen LogP contribution is -1.89. The van der Waals surface area contributed by atoms with Crippen LogP contribution in [0.2, 0.25) is 15.1 Å². The molecule has 0 bridgehead atoms. The fraction of sp³-hybridized carbons (Fsp3) is 0. The average molecular weight is 500 g/mol. The monoisotopic (exact) mass is 498 g/mol. The maximum atomic E-state index is 6.84. The van der Waals surface area contributed by atoms with E-state index < -0.39 is 0 Å². The maximum absolute atomic E-state index is 6.84. The second-order valence-electron chi connectivity index (χ2n) is 8.06. The topological polar surface area (TPSA) is 28.7 Å². The summed E-state index contributed by atoms with van der Waals surface area (Å²) in [6, 6.07) is 32.0. The third kappa shape index (κ3) is 3.38. The Hall–Kier alpha value is -3.30. The van der Waals surface area contributed by atoms with Crippen LogP contribution in [0.15, 0.2) is 97.1 Å². The summed E-state index contributed by atoms with van der Waals surface area (Å²) in [5, 5.41) is 5.75. The van der Waals surface area contributed by atoms with Crippen LogP contribution in [0.5, 0.6) is 0 Å². The van der Waals surface area contributed by atoms with Gasteiger partial charge in [-0.25, -0.2) is 4.98 Å². The molecule has 34 heavy (non-hydrogen) atoms. The van der Waals surface area contributed by atoms with Gasteiger partial charge in [0.2, 0.25) is 0 Å². The molecule has 0 saturated carbocycles. The van der Waals surface area contributed by atoms with Gasteiger partial charge in [-0.15, -0.1) is 0 Å². The number of benzene rings is 5. The highest BCUT2D eigenvalue weighted by Gasteiger charge is 2.21. The number of rotatable bonds is 3. The van der Waals surface area contributed by atoms with Gasteiger partial charge in [0.05, 0.1) is 26.5 Å². The Morgan fingerprint density at radius 1 is 0.559 bits per heavy atom. The van der Waals surface area contributed by atoms with E-state index in [9.17, 15) is 0 Å². The van der Waals surface area contributed by atoms with Crippen molar-refractivity contribution < 1.29 is 0 Å². The minimum Gasteiger partial charge on any atom is -0.337 e. The fourth-order valence-corrected chi connectivity index (χ4v) is 5.24. The first-order valence-electron chi connectivity index (χ1n) is 10.8. The summed E-state index contributed by atoms with van der Waals surface area (Å²) in [5.74, 6) is 0.744. The van der Waals surface area contributed by atoms with Gasteiger partial charge in [0.1, 0.15) is 5.82 Å². The second-order valence-corrected chi connectivity index (χ2v) is 9.22. The lowest BCUT2D eigenvalue weighted by Gasteiger charge is -2.12. The van der Waals surface area contributed by atoms with E-state index in [1.807, 2.05) is 78.9 Å². The zero-order chi connectivity index (χ0) is 23.2. The number of hydrogen-bond acceptors (Lipinski definition) is 1. The molecule has 1 aromatic heterocycles. The van der Waals surface area contributed by atoms with Crippen LogP contribution in [0.25, 0.3) is 55.4 Å². The molecule has 164 valence electrons. The Kier molecular flexibility index (Phi) is 5.30. The molecule has 0 saturated heterocycles. The highest BCUT2D eigenvalue weighted by molar-refractivity contribution is 6.44. The van der Waals surface area contributed by atoms with Gasteiger partial charge in [0.25, 0.3) is 0 Å². The predicted octanol–water partition coefficient (Wildman–Crippen LogP) is 9.68. The number of H-pyrrole nitrogens is 1. The molecule has 2 nitrogen and oxygen atoms in total. The number of imidazole rings is 1. The molecule has 0 fully saturated rings. The minimum absolute atomic E-state index is 0.488. The van der Waals surface area contributed by atoms with Crippen molar-refractivity contribution in [2.75, 3.05) is 0 Å². The summed E-state index contributed by atoms with van der Waals surface area (Å²) in [7, 11) is 0. The normalized spacial score (nSPS) is 11.4. The number of fused-ring (bicyclic) bond motifs is 2. The molecule has 6 aromatic rings. The van der Waals surface area contributed by atoms with Crippen LogP contribution < -0.4 is 0 Å². The zero-order valence-electron chi connectivity index (χ0n) is 17.8. The Bertz CT molecular complexity index is 1630. The molecule has 0 radical (unpaired) electrons. The van der Waals surface area contributed by atoms with Gasteiger partial charge in [-0.05, 0) is 16.8 Å². The third-order valence-electron chi connectivity index (χ3n) is 6.07. The second kappa shape index (κ2) is 8.48. The largest absolute Gasteiger partial charge is 0.337 e. The molecular formula is C29H17Cl3N2. The summed E-state index contributed by atoms with van der Waals surface area (Å²) >= 11 is 19.9. The third-order valence-corrected chi connectivity index (χ3v) is 7.30. The van der Waals surface area contributed by atoms with Gasteiger partial charge in [-0.2, -0.15) is 0 Å². The lowest BCUT2D eigenvalue weighted by molar-refractivity contribution is 1.32. The van der Waals surface area contributed by atoms with E-state index in [0.29, 0.717) is 10.0 Å². The molecule has 0 amide bonds. The summed E-state index contributed by atoms with van der Waals surface area (Å²) in [6.07, 6.45) is 0. The van der Waals surface area contributed by atoms with E-state index >= 15 is 0 Å². The molecule has 0 atom stereocenters. The van der Waals surface area contributed by atoms with Crippen molar-refractivity contribution in [3.8, 4) is 33.9 Å². The highest BCUT2D eigenvalue weighted by Crippen LogP contribution is 2.44. The van der Waals surface area contributed by atoms with Gasteiger partial charge >= 0.3 is 0 Å². The zero-order valence-corrected chi connectivity index (χ0v) is 20.1. The van der Waals surface area contributed by atoms with Crippen molar-refractivity contribution in [2.45, 2.75) is 0 Å². The Balaban J connectivity index is 1.73. The predicted molar refractivity (Wildman–Crippen MR) is 145 cm³/mol. The summed E-state index contributed by atoms with van der Waals surface area (Å²) in [6.45, 7) is 0.